The molecule has 4 aromatic rings. The summed E-state index contributed by atoms with van der Waals surface area (Å²) in [5.41, 5.74) is 2.51. The van der Waals surface area contributed by atoms with Gasteiger partial charge in [0.2, 0.25) is 0 Å². The van der Waals surface area contributed by atoms with Crippen molar-refractivity contribution in [2.45, 2.75) is 6.54 Å². The van der Waals surface area contributed by atoms with E-state index >= 15 is 0 Å². The molecule has 0 spiro atoms. The number of carbonyl (C=O) groups excluding carboxylic acids is 1. The molecule has 0 fully saturated rings. The molecular formula is C18H12ClFN4OS. The second-order valence-corrected chi connectivity index (χ2v) is 7.11. The number of rotatable bonds is 4. The third-order valence-electron chi connectivity index (χ3n) is 3.86. The van der Waals surface area contributed by atoms with Crippen LogP contribution in [0.4, 0.5) is 4.39 Å². The molecule has 130 valence electrons. The van der Waals surface area contributed by atoms with Crippen LogP contribution in [0.1, 0.15) is 15.4 Å². The molecule has 0 saturated heterocycles. The topological polar surface area (TPSA) is 59.3 Å². The maximum atomic E-state index is 13.7. The molecule has 1 N–H and O–H groups in total. The Morgan fingerprint density at radius 3 is 2.88 bits per heavy atom. The molecule has 0 aliphatic carbocycles. The van der Waals surface area contributed by atoms with E-state index in [1.54, 1.807) is 28.9 Å². The maximum absolute atomic E-state index is 13.7. The largest absolute Gasteiger partial charge is 0.346 e. The van der Waals surface area contributed by atoms with Crippen LogP contribution in [-0.2, 0) is 6.54 Å². The number of halogens is 2. The van der Waals surface area contributed by atoms with Gasteiger partial charge in [0.05, 0.1) is 11.7 Å². The Hall–Kier alpha value is -2.77. The summed E-state index contributed by atoms with van der Waals surface area (Å²) < 4.78 is 15.8. The number of hydrogen-bond donors (Lipinski definition) is 1. The number of hydrogen-bond acceptors (Lipinski definition) is 4. The van der Waals surface area contributed by atoms with E-state index in [1.165, 1.54) is 6.07 Å². The average molecular weight is 387 g/mol. The molecule has 0 aliphatic rings. The molecule has 0 radical (unpaired) electrons. The summed E-state index contributed by atoms with van der Waals surface area (Å²) in [6, 6.07) is 11.9. The standard InChI is InChI=1S/C18H12ClFN4OS/c19-16-15(12-10-22-24-8-4-3-7-14(12)24)23-18(26-16)17(25)21-9-11-5-1-2-6-13(11)20/h1-8,10H,9H2,(H,21,25). The van der Waals surface area contributed by atoms with Gasteiger partial charge in [-0.25, -0.2) is 13.9 Å². The van der Waals surface area contributed by atoms with E-state index in [0.29, 0.717) is 15.6 Å². The summed E-state index contributed by atoms with van der Waals surface area (Å²) in [6.45, 7) is 0.0781. The highest BCUT2D eigenvalue weighted by Gasteiger charge is 2.19. The number of nitrogens with zero attached hydrogens (tertiary/aromatic N) is 3. The third kappa shape index (κ3) is 3.07. The Bertz CT molecular complexity index is 1110. The molecule has 0 saturated carbocycles. The Balaban J connectivity index is 1.58. The van der Waals surface area contributed by atoms with Crippen LogP contribution in [0.25, 0.3) is 16.8 Å². The first-order valence-corrected chi connectivity index (χ1v) is 8.93. The van der Waals surface area contributed by atoms with Crippen molar-refractivity contribution in [2.75, 3.05) is 0 Å². The summed E-state index contributed by atoms with van der Waals surface area (Å²) in [5, 5.41) is 7.14. The van der Waals surface area contributed by atoms with Gasteiger partial charge >= 0.3 is 0 Å². The van der Waals surface area contributed by atoms with E-state index in [0.717, 1.165) is 22.4 Å². The monoisotopic (exact) mass is 386 g/mol. The predicted octanol–water partition coefficient (Wildman–Crippen LogP) is 4.18. The molecule has 4 rings (SSSR count). The Labute approximate surface area is 157 Å². The van der Waals surface area contributed by atoms with Crippen molar-refractivity contribution in [3.05, 3.63) is 75.6 Å². The number of amides is 1. The van der Waals surface area contributed by atoms with Crippen molar-refractivity contribution in [2.24, 2.45) is 0 Å². The summed E-state index contributed by atoms with van der Waals surface area (Å²) >= 11 is 7.38. The minimum Gasteiger partial charge on any atom is -0.346 e. The summed E-state index contributed by atoms with van der Waals surface area (Å²) in [4.78, 5) is 16.7. The number of fused-ring (bicyclic) bond motifs is 1. The van der Waals surface area contributed by atoms with Gasteiger partial charge in [-0.05, 0) is 18.2 Å². The molecule has 3 aromatic heterocycles. The Morgan fingerprint density at radius 2 is 2.04 bits per heavy atom. The molecule has 0 aliphatic heterocycles. The van der Waals surface area contributed by atoms with Gasteiger partial charge in [-0.1, -0.05) is 47.2 Å². The van der Waals surface area contributed by atoms with E-state index in [9.17, 15) is 9.18 Å². The van der Waals surface area contributed by atoms with Crippen LogP contribution >= 0.6 is 22.9 Å². The Kier molecular flexibility index (Phi) is 4.40. The van der Waals surface area contributed by atoms with Gasteiger partial charge in [-0.2, -0.15) is 5.10 Å². The zero-order valence-corrected chi connectivity index (χ0v) is 14.9. The van der Waals surface area contributed by atoms with Gasteiger partial charge in [0.15, 0.2) is 5.01 Å². The normalized spacial score (nSPS) is 11.0. The number of aromatic nitrogens is 3. The van der Waals surface area contributed by atoms with Gasteiger partial charge in [0.25, 0.3) is 5.91 Å². The molecule has 1 amide bonds. The molecular weight excluding hydrogens is 375 g/mol. The predicted molar refractivity (Wildman–Crippen MR) is 98.9 cm³/mol. The van der Waals surface area contributed by atoms with E-state index in [4.69, 9.17) is 11.6 Å². The first-order valence-electron chi connectivity index (χ1n) is 7.74. The molecule has 8 heteroatoms. The number of thiazole rings is 1. The highest BCUT2D eigenvalue weighted by atomic mass is 35.5. The lowest BCUT2D eigenvalue weighted by Gasteiger charge is -2.04. The fourth-order valence-corrected chi connectivity index (χ4v) is 3.66. The average Bonchev–Trinajstić information content (AvgIpc) is 3.24. The fraction of sp³-hybridized carbons (Fsp3) is 0.0556. The molecule has 1 aromatic carbocycles. The first kappa shape index (κ1) is 16.7. The van der Waals surface area contributed by atoms with Crippen LogP contribution < -0.4 is 5.32 Å². The van der Waals surface area contributed by atoms with E-state index in [-0.39, 0.29) is 17.4 Å². The van der Waals surface area contributed by atoms with E-state index in [2.05, 4.69) is 15.4 Å². The SMILES string of the molecule is O=C(NCc1ccccc1F)c1nc(-c2cnn3ccccc23)c(Cl)s1. The first-order chi connectivity index (χ1) is 12.6. The van der Waals surface area contributed by atoms with Crippen molar-refractivity contribution < 1.29 is 9.18 Å². The fourth-order valence-electron chi connectivity index (χ4n) is 2.57. The molecule has 0 bridgehead atoms. The van der Waals surface area contributed by atoms with Crippen molar-refractivity contribution in [3.8, 4) is 11.3 Å². The second kappa shape index (κ2) is 6.86. The Morgan fingerprint density at radius 1 is 1.23 bits per heavy atom. The van der Waals surface area contributed by atoms with E-state index < -0.39 is 5.91 Å². The van der Waals surface area contributed by atoms with Crippen molar-refractivity contribution in [3.63, 3.8) is 0 Å². The van der Waals surface area contributed by atoms with Crippen LogP contribution in [0.15, 0.2) is 54.9 Å². The van der Waals surface area contributed by atoms with E-state index in [1.807, 2.05) is 24.4 Å². The summed E-state index contributed by atoms with van der Waals surface area (Å²) in [5.74, 6) is -0.764. The van der Waals surface area contributed by atoms with Gasteiger partial charge < -0.3 is 5.32 Å². The lowest BCUT2D eigenvalue weighted by Crippen LogP contribution is -2.23. The number of carbonyl (C=O) groups is 1. The smallest absolute Gasteiger partial charge is 0.280 e. The number of nitrogens with one attached hydrogen (secondary N) is 1. The zero-order valence-electron chi connectivity index (χ0n) is 13.3. The highest BCUT2D eigenvalue weighted by Crippen LogP contribution is 2.34. The third-order valence-corrected chi connectivity index (χ3v) is 5.11. The molecule has 26 heavy (non-hydrogen) atoms. The highest BCUT2D eigenvalue weighted by molar-refractivity contribution is 7.18. The van der Waals surface area contributed by atoms with Gasteiger partial charge in [0, 0.05) is 23.9 Å². The zero-order chi connectivity index (χ0) is 18.1. The molecule has 5 nitrogen and oxygen atoms in total. The number of benzene rings is 1. The molecule has 0 atom stereocenters. The number of pyridine rings is 1. The van der Waals surface area contributed by atoms with Crippen LogP contribution in [0.5, 0.6) is 0 Å². The van der Waals surface area contributed by atoms with Crippen LogP contribution in [0.3, 0.4) is 0 Å². The van der Waals surface area contributed by atoms with Crippen molar-refractivity contribution >= 4 is 34.4 Å². The van der Waals surface area contributed by atoms with Gasteiger partial charge in [0.1, 0.15) is 15.8 Å². The quantitative estimate of drug-likeness (QED) is 0.572. The van der Waals surface area contributed by atoms with Crippen LogP contribution in [0, 0.1) is 5.82 Å². The summed E-state index contributed by atoms with van der Waals surface area (Å²) in [6.07, 6.45) is 3.48. The van der Waals surface area contributed by atoms with Gasteiger partial charge in [-0.15, -0.1) is 0 Å². The second-order valence-electron chi connectivity index (χ2n) is 5.50. The van der Waals surface area contributed by atoms with Gasteiger partial charge in [-0.3, -0.25) is 4.79 Å². The van der Waals surface area contributed by atoms with Crippen molar-refractivity contribution in [1.29, 1.82) is 0 Å². The minimum absolute atomic E-state index is 0.0781. The molecule has 3 heterocycles. The summed E-state index contributed by atoms with van der Waals surface area (Å²) in [7, 11) is 0. The minimum atomic E-state index is -0.400. The molecule has 0 unspecified atom stereocenters. The lowest BCUT2D eigenvalue weighted by atomic mass is 10.2. The lowest BCUT2D eigenvalue weighted by molar-refractivity contribution is 0.0950. The van der Waals surface area contributed by atoms with Crippen molar-refractivity contribution in [1.82, 2.24) is 19.9 Å². The van der Waals surface area contributed by atoms with Crippen LogP contribution in [-0.4, -0.2) is 20.5 Å². The maximum Gasteiger partial charge on any atom is 0.280 e. The van der Waals surface area contributed by atoms with Crippen LogP contribution in [0.2, 0.25) is 4.34 Å².